The molecule has 0 amide bonds. The van der Waals surface area contributed by atoms with Gasteiger partial charge in [0.1, 0.15) is 0 Å². The normalized spacial score (nSPS) is 9.69. The minimum Gasteiger partial charge on any atom is -0.381 e. The Labute approximate surface area is 394 Å². The summed E-state index contributed by atoms with van der Waals surface area (Å²) in [4.78, 5) is 31.5. The first-order valence-corrected chi connectivity index (χ1v) is 18.0. The summed E-state index contributed by atoms with van der Waals surface area (Å²) in [5, 5.41) is 0. The van der Waals surface area contributed by atoms with E-state index < -0.39 is 0 Å². The Hall–Kier alpha value is -4.59. The van der Waals surface area contributed by atoms with Crippen molar-refractivity contribution in [3.05, 3.63) is 126 Å². The highest BCUT2D eigenvalue weighted by Crippen LogP contribution is 2.06. The highest BCUT2D eigenvalue weighted by atomic mass is 16.6. The third-order valence-corrected chi connectivity index (χ3v) is 4.38. The number of terminal acetylenes is 2. The third kappa shape index (κ3) is 275. The molecule has 0 N–H and O–H groups in total. The number of epoxide rings is 1. The number of hydrogen-bond acceptors (Lipinski definition) is 6. The number of ketones is 3. The molecule has 0 bridgehead atoms. The fourth-order valence-corrected chi connectivity index (χ4v) is 1.76. The molecule has 0 aromatic heterocycles. The van der Waals surface area contributed by atoms with Crippen molar-refractivity contribution in [2.24, 2.45) is 5.92 Å². The number of rotatable bonds is 12. The average molecular weight is 881 g/mol. The number of carbonyl (C=O) groups is 3. The summed E-state index contributed by atoms with van der Waals surface area (Å²) < 4.78 is 9.43. The van der Waals surface area contributed by atoms with Crippen molar-refractivity contribution >= 4 is 17.3 Å². The Morgan fingerprint density at radius 3 is 1.06 bits per heavy atom. The Bertz CT molecular complexity index is 982. The van der Waals surface area contributed by atoms with Crippen molar-refractivity contribution in [2.75, 3.05) is 40.0 Å². The lowest BCUT2D eigenvalue weighted by molar-refractivity contribution is -0.113. The van der Waals surface area contributed by atoms with Crippen LogP contribution in [0.25, 0.3) is 0 Å². The first kappa shape index (κ1) is 112. The van der Waals surface area contributed by atoms with E-state index in [2.05, 4.69) is 90.1 Å². The molecule has 2 aliphatic rings. The van der Waals surface area contributed by atoms with Crippen LogP contribution in [0.15, 0.2) is 126 Å². The lowest BCUT2D eigenvalue weighted by Gasteiger charge is -2.09. The largest absolute Gasteiger partial charge is 0.381 e. The van der Waals surface area contributed by atoms with Crippen molar-refractivity contribution in [1.29, 1.82) is 0 Å². The van der Waals surface area contributed by atoms with Gasteiger partial charge in [0, 0.05) is 33.2 Å². The molecule has 372 valence electrons. The highest BCUT2D eigenvalue weighted by Gasteiger charge is 2.13. The van der Waals surface area contributed by atoms with Crippen LogP contribution < -0.4 is 0 Å². The van der Waals surface area contributed by atoms with Crippen LogP contribution in [0.1, 0.15) is 148 Å². The molecule has 6 heteroatoms. The van der Waals surface area contributed by atoms with Crippen LogP contribution in [0.2, 0.25) is 0 Å². The number of hydrogen-bond donors (Lipinski definition) is 0. The van der Waals surface area contributed by atoms with Gasteiger partial charge in [-0.25, -0.2) is 0 Å². The second-order valence-electron chi connectivity index (χ2n) is 10.2. The smallest absolute Gasteiger partial charge is 0.202 e. The minimum atomic E-state index is -0.218. The number of likely N-dealkylation sites (N-methyl/N-ethyl adjacent to an activating group) is 1. The Morgan fingerprint density at radius 2 is 0.984 bits per heavy atom. The lowest BCUT2D eigenvalue weighted by atomic mass is 10.0. The van der Waals surface area contributed by atoms with E-state index in [0.717, 1.165) is 51.7 Å². The zero-order chi connectivity index (χ0) is 44.4. The predicted molar refractivity (Wildman–Crippen MR) is 299 cm³/mol. The molecule has 0 aromatic rings. The number of ether oxygens (including phenoxy) is 2. The van der Waals surface area contributed by atoms with Crippen molar-refractivity contribution in [3.63, 3.8) is 0 Å². The summed E-state index contributed by atoms with van der Waals surface area (Å²) in [6.07, 6.45) is 34.2. The molecule has 0 radical (unpaired) electrons. The maximum Gasteiger partial charge on any atom is 0.202 e. The molecule has 2 fully saturated rings. The number of Topliss-reactive ketones (excluding diaryl/α,β-unsaturated/α-hetero) is 1. The zero-order valence-corrected chi connectivity index (χ0v) is 36.5. The molecule has 2 heterocycles. The first-order valence-electron chi connectivity index (χ1n) is 18.0. The fraction of sp³-hybridized carbons (Fsp3) is 0.518. The summed E-state index contributed by atoms with van der Waals surface area (Å²) in [6, 6.07) is 0. The van der Waals surface area contributed by atoms with E-state index in [-0.39, 0.29) is 76.8 Å². The summed E-state index contributed by atoms with van der Waals surface area (Å²) in [5.41, 5.74) is 0. The van der Waals surface area contributed by atoms with E-state index in [4.69, 9.17) is 9.47 Å². The van der Waals surface area contributed by atoms with Crippen LogP contribution >= 0.6 is 0 Å². The maximum atomic E-state index is 10.1. The van der Waals surface area contributed by atoms with Gasteiger partial charge in [-0.3, -0.25) is 19.3 Å². The van der Waals surface area contributed by atoms with Gasteiger partial charge < -0.3 is 9.47 Å². The molecule has 0 spiro atoms. The Kier molecular flexibility index (Phi) is 223. The molecule has 0 aliphatic carbocycles. The van der Waals surface area contributed by atoms with E-state index in [9.17, 15) is 14.4 Å². The molecule has 2 saturated heterocycles. The molecule has 1 atom stereocenters. The van der Waals surface area contributed by atoms with Gasteiger partial charge in [0.25, 0.3) is 0 Å². The molecule has 0 saturated carbocycles. The van der Waals surface area contributed by atoms with E-state index in [1.165, 1.54) is 39.3 Å². The lowest BCUT2D eigenvalue weighted by Crippen LogP contribution is -2.17. The first-order chi connectivity index (χ1) is 25.6. The zero-order valence-electron chi connectivity index (χ0n) is 36.5. The monoisotopic (exact) mass is 880 g/mol. The van der Waals surface area contributed by atoms with E-state index in [1.54, 1.807) is 31.2 Å². The van der Waals surface area contributed by atoms with Gasteiger partial charge >= 0.3 is 0 Å². The van der Waals surface area contributed by atoms with Crippen LogP contribution in [0, 0.1) is 30.6 Å². The summed E-state index contributed by atoms with van der Waals surface area (Å²) in [5.74, 6) is 4.72. The van der Waals surface area contributed by atoms with E-state index in [1.807, 2.05) is 77.1 Å². The molecular formula is C56H113NO5. The number of carbonyl (C=O) groups excluding carboxylic acids is 3. The standard InChI is InChI=1S/C8H14.C7H13N.C6H8O.C5H8.C4H6O.C4H4O.2C3H6O.C3H6.C3H4.C2H6.8CH4/c2*1-4-6-8(3)7-5-2;1-3-4-5-6(2)7;1-3-5-4-2;2*1-3-4(2)5;1-3-2-4-3;1-2-4-3-1;2*1-3-2;1-2;;;;;;;;/h4-5,8H,1-2,6-7H2,3H3;4-5H,1-2,6-7H2,3H3;3-5H,1H2,2H3;3-5H,1H2,2H3;3H,1H2,2H3;1H,2H3;3H,2H2,1H3;1-3H2;3H,1H2,2H3;1H,2H3;1-2H3;8*1H4. The summed E-state index contributed by atoms with van der Waals surface area (Å²) in [7, 11) is 2.03. The van der Waals surface area contributed by atoms with E-state index >= 15 is 0 Å². The molecule has 62 heavy (non-hydrogen) atoms. The molecular weight excluding hydrogens is 767 g/mol. The quantitative estimate of drug-likeness (QED) is 0.0485. The van der Waals surface area contributed by atoms with Crippen LogP contribution in [-0.2, 0) is 23.9 Å². The minimum absolute atomic E-state index is 0. The maximum absolute atomic E-state index is 10.1. The topological polar surface area (TPSA) is 76.2 Å². The second-order valence-corrected chi connectivity index (χ2v) is 10.2. The van der Waals surface area contributed by atoms with Crippen molar-refractivity contribution in [1.82, 2.24) is 4.90 Å². The van der Waals surface area contributed by atoms with Crippen molar-refractivity contribution in [3.8, 4) is 24.7 Å². The Morgan fingerprint density at radius 1 is 0.726 bits per heavy atom. The SMILES string of the molecule is C.C.C.C.C.C.C.C.C#CC.C#CC(C)=O.C1COC1.C=CC.C=CC(C)=O.C=CC=CC.C=CC=CC(C)=O.C=CCC(C)CC=C.C=CCN(C)CC=C.CC.CC1CO1. The summed E-state index contributed by atoms with van der Waals surface area (Å²) >= 11 is 0. The van der Waals surface area contributed by atoms with Crippen LogP contribution in [-0.4, -0.2) is 68.3 Å². The van der Waals surface area contributed by atoms with Crippen LogP contribution in [0.5, 0.6) is 0 Å². The van der Waals surface area contributed by atoms with Crippen molar-refractivity contribution < 1.29 is 23.9 Å². The van der Waals surface area contributed by atoms with Gasteiger partial charge in [0.05, 0.1) is 12.7 Å². The van der Waals surface area contributed by atoms with Gasteiger partial charge in [0.15, 0.2) is 11.6 Å². The molecule has 6 nitrogen and oxygen atoms in total. The van der Waals surface area contributed by atoms with Gasteiger partial charge in [-0.15, -0.1) is 51.7 Å². The Balaban J connectivity index is -0.0000000240. The third-order valence-electron chi connectivity index (χ3n) is 4.38. The van der Waals surface area contributed by atoms with Gasteiger partial charge in [-0.2, -0.15) is 0 Å². The summed E-state index contributed by atoms with van der Waals surface area (Å²) in [6.45, 7) is 50.9. The van der Waals surface area contributed by atoms with Crippen molar-refractivity contribution in [2.45, 2.75) is 154 Å². The number of allylic oxidation sites excluding steroid dienone is 10. The average Bonchev–Trinajstić information content (AvgIpc) is 3.89. The van der Waals surface area contributed by atoms with Gasteiger partial charge in [0.2, 0.25) is 5.78 Å². The number of nitrogens with zero attached hydrogens (tertiary/aromatic N) is 1. The highest BCUT2D eigenvalue weighted by molar-refractivity contribution is 5.92. The van der Waals surface area contributed by atoms with Crippen LogP contribution in [0.3, 0.4) is 0 Å². The molecule has 2 aliphatic heterocycles. The van der Waals surface area contributed by atoms with E-state index in [0.29, 0.717) is 6.10 Å². The second kappa shape index (κ2) is 124. The van der Waals surface area contributed by atoms with Gasteiger partial charge in [-0.05, 0) is 91.8 Å². The fourth-order valence-electron chi connectivity index (χ4n) is 1.76. The molecule has 1 unspecified atom stereocenters. The van der Waals surface area contributed by atoms with Gasteiger partial charge in [-0.1, -0.05) is 161 Å². The molecule has 0 aromatic carbocycles. The molecule has 2 rings (SSSR count). The predicted octanol–water partition coefficient (Wildman–Crippen LogP) is 16.9. The van der Waals surface area contributed by atoms with Crippen LogP contribution in [0.4, 0.5) is 0 Å².